The molecule has 0 saturated heterocycles. The van der Waals surface area contributed by atoms with E-state index in [1.807, 2.05) is 0 Å². The van der Waals surface area contributed by atoms with Crippen molar-refractivity contribution in [3.8, 4) is 0 Å². The van der Waals surface area contributed by atoms with Crippen molar-refractivity contribution in [3.63, 3.8) is 0 Å². The fourth-order valence-corrected chi connectivity index (χ4v) is 2.47. The fraction of sp³-hybridized carbons (Fsp3) is 0.941. The average molecular weight is 618 g/mol. The molecule has 0 bridgehead atoms. The molecule has 0 aliphatic carbocycles. The maximum Gasteiger partial charge on any atom is 4.00 e. The van der Waals surface area contributed by atoms with E-state index < -0.39 is 5.97 Å². The monoisotopic (exact) mass is 616 g/mol. The third-order valence-electron chi connectivity index (χ3n) is 3.74. The van der Waals surface area contributed by atoms with Crippen LogP contribution in [-0.4, -0.2) is 16.3 Å². The third kappa shape index (κ3) is 58.5. The van der Waals surface area contributed by atoms with Crippen LogP contribution in [0.3, 0.4) is 0 Å². The zero-order chi connectivity index (χ0) is 16.9. The van der Waals surface area contributed by atoms with Crippen LogP contribution in [0.4, 0.5) is 0 Å². The molecule has 0 atom stereocenters. The number of hydrogen-bond donors (Lipinski definition) is 4. The summed E-state index contributed by atoms with van der Waals surface area (Å²) < 4.78 is 0. The first-order valence-corrected chi connectivity index (χ1v) is 8.87. The average Bonchev–Trinajstić information content (AvgIpc) is 2.48. The summed E-state index contributed by atoms with van der Waals surface area (Å²) in [6, 6.07) is 0. The number of aliphatic carboxylic acids is 1. The number of hydrogen-bond acceptors (Lipinski definition) is 5. The van der Waals surface area contributed by atoms with Gasteiger partial charge >= 0.3 is 27.0 Å². The van der Waals surface area contributed by atoms with Crippen LogP contribution in [0.1, 0.15) is 103 Å². The molecule has 0 unspecified atom stereocenters. The molecule has 0 saturated carbocycles. The number of carboxylic acids is 1. The predicted octanol–water partition coefficient (Wildman–Crippen LogP) is 0.414. The molecule has 0 amide bonds. The molecule has 0 aromatic heterocycles. The first-order chi connectivity index (χ1) is 10.7. The minimum Gasteiger partial charge on any atom is -1.00 e. The minimum absolute atomic E-state index is 0. The normalized spacial score (nSPS) is 8.04. The van der Waals surface area contributed by atoms with Gasteiger partial charge in [-0.15, -0.1) is 4.91 Å². The molecule has 0 aromatic carbocycles. The van der Waals surface area contributed by atoms with Gasteiger partial charge in [-0.2, -0.15) is 0 Å². The van der Waals surface area contributed by atoms with Crippen molar-refractivity contribution in [1.29, 1.82) is 0 Å². The Kier molecular flexibility index (Phi) is 76.2. The van der Waals surface area contributed by atoms with Crippen LogP contribution in [0.2, 0.25) is 0 Å². The summed E-state index contributed by atoms with van der Waals surface area (Å²) in [5, 5.41) is 16.4. The third-order valence-corrected chi connectivity index (χ3v) is 3.74. The van der Waals surface area contributed by atoms with Gasteiger partial charge in [0.05, 0.1) is 0 Å². The number of halogens is 2. The quantitative estimate of drug-likeness (QED) is 0.119. The Hall–Kier alpha value is 0.0583. The van der Waals surface area contributed by atoms with Crippen LogP contribution in [0.15, 0.2) is 5.34 Å². The second kappa shape index (κ2) is 45.0. The van der Waals surface area contributed by atoms with E-state index in [-0.39, 0.29) is 58.2 Å². The summed E-state index contributed by atoms with van der Waals surface area (Å²) in [6.45, 7) is 2.27. The van der Waals surface area contributed by atoms with Gasteiger partial charge in [0.2, 0.25) is 0 Å². The molecular weight excluding hydrogens is 576 g/mol. The van der Waals surface area contributed by atoms with E-state index in [1.165, 1.54) is 82.4 Å². The van der Waals surface area contributed by atoms with E-state index >= 15 is 0 Å². The molecule has 7 nitrogen and oxygen atoms in total. The minimum atomic E-state index is -0.654. The van der Waals surface area contributed by atoms with Gasteiger partial charge in [-0.25, -0.2) is 0 Å². The van der Waals surface area contributed by atoms with E-state index in [1.54, 1.807) is 0 Å². The number of rotatable bonds is 15. The van der Waals surface area contributed by atoms with Gasteiger partial charge < -0.3 is 47.4 Å². The van der Waals surface area contributed by atoms with E-state index in [9.17, 15) is 4.79 Å². The Balaban J connectivity index is -0.0000000933. The SMILES string of the molecule is CCCCCCCCCCCCCCCCC(=O)O.N.N.O=NO.[Cl-].[Cl-].[Pt+4]. The Labute approximate surface area is 192 Å². The van der Waals surface area contributed by atoms with Crippen molar-refractivity contribution in [2.45, 2.75) is 103 Å². The van der Waals surface area contributed by atoms with E-state index in [0.29, 0.717) is 6.42 Å². The molecule has 0 aliphatic rings. The molecule has 8 N–H and O–H groups in total. The molecule has 0 heterocycles. The van der Waals surface area contributed by atoms with Crippen molar-refractivity contribution in [2.24, 2.45) is 5.34 Å². The van der Waals surface area contributed by atoms with Crippen molar-refractivity contribution in [1.82, 2.24) is 12.3 Å². The summed E-state index contributed by atoms with van der Waals surface area (Å²) in [5.41, 5.74) is 0. The Morgan fingerprint density at radius 2 is 0.926 bits per heavy atom. The summed E-state index contributed by atoms with van der Waals surface area (Å²) in [5.74, 6) is -0.654. The summed E-state index contributed by atoms with van der Waals surface area (Å²) >= 11 is 0. The Morgan fingerprint density at radius 3 is 1.15 bits per heavy atom. The molecule has 0 fully saturated rings. The fourth-order valence-electron chi connectivity index (χ4n) is 2.47. The maximum atomic E-state index is 10.3. The molecule has 170 valence electrons. The van der Waals surface area contributed by atoms with Gasteiger partial charge in [-0.05, 0) is 6.42 Å². The standard InChI is InChI=1S/C17H34O2.2ClH.HNO2.2H3N.Pt/c1-2-3-4-5-6-7-8-9-10-11-12-13-14-15-16-17(18)19;;;2-1-3;;;/h2-16H2,1H3,(H,18,19);2*1H;(H,2,3);2*1H3;/q;;;;;;+4/p-2. The first-order valence-electron chi connectivity index (χ1n) is 8.87. The second-order valence-corrected chi connectivity index (χ2v) is 5.82. The van der Waals surface area contributed by atoms with Crippen LogP contribution in [-0.2, 0) is 25.9 Å². The van der Waals surface area contributed by atoms with Gasteiger partial charge in [0.15, 0.2) is 5.34 Å². The molecule has 0 aromatic rings. The van der Waals surface area contributed by atoms with Crippen LogP contribution in [0, 0.1) is 4.91 Å². The van der Waals surface area contributed by atoms with Gasteiger partial charge in [-0.1, -0.05) is 90.4 Å². The maximum absolute atomic E-state index is 10.3. The number of carboxylic acid groups (broad SMARTS) is 1. The van der Waals surface area contributed by atoms with Crippen LogP contribution in [0.25, 0.3) is 0 Å². The summed E-state index contributed by atoms with van der Waals surface area (Å²) in [4.78, 5) is 18.4. The molecule has 27 heavy (non-hydrogen) atoms. The van der Waals surface area contributed by atoms with Crippen molar-refractivity contribution in [2.75, 3.05) is 0 Å². The summed E-state index contributed by atoms with van der Waals surface area (Å²) in [6.07, 6.45) is 18.7. The van der Waals surface area contributed by atoms with Crippen LogP contribution >= 0.6 is 0 Å². The Morgan fingerprint density at radius 1 is 0.704 bits per heavy atom. The molecule has 0 aliphatic heterocycles. The topological polar surface area (TPSA) is 157 Å². The first kappa shape index (κ1) is 45.7. The number of unbranched alkanes of at least 4 members (excludes halogenated alkanes) is 13. The zero-order valence-corrected chi connectivity index (χ0v) is 20.5. The smallest absolute Gasteiger partial charge is 1.00 e. The predicted molar refractivity (Wildman–Crippen MR) is 100 cm³/mol. The number of carbonyl (C=O) groups is 1. The molecule has 0 radical (unpaired) electrons. The zero-order valence-electron chi connectivity index (χ0n) is 16.8. The van der Waals surface area contributed by atoms with Crippen molar-refractivity contribution < 1.29 is 61.0 Å². The number of nitrogens with zero attached hydrogens (tertiary/aromatic N) is 1. The Bertz CT molecular complexity index is 258. The van der Waals surface area contributed by atoms with Crippen LogP contribution in [0.5, 0.6) is 0 Å². The van der Waals surface area contributed by atoms with E-state index in [4.69, 9.17) is 15.2 Å². The summed E-state index contributed by atoms with van der Waals surface area (Å²) in [7, 11) is 0. The van der Waals surface area contributed by atoms with Gasteiger partial charge in [0.1, 0.15) is 0 Å². The van der Waals surface area contributed by atoms with E-state index in [0.717, 1.165) is 12.8 Å². The molecular formula is C17H41Cl2N3O4Pt+2. The van der Waals surface area contributed by atoms with Crippen molar-refractivity contribution >= 4 is 5.97 Å². The van der Waals surface area contributed by atoms with Gasteiger partial charge in [-0.3, -0.25) is 4.79 Å². The molecule has 0 rings (SSSR count). The van der Waals surface area contributed by atoms with Gasteiger partial charge in [0.25, 0.3) is 0 Å². The second-order valence-electron chi connectivity index (χ2n) is 5.82. The van der Waals surface area contributed by atoms with Crippen LogP contribution < -0.4 is 37.1 Å². The van der Waals surface area contributed by atoms with Crippen molar-refractivity contribution in [3.05, 3.63) is 4.91 Å². The van der Waals surface area contributed by atoms with E-state index in [2.05, 4.69) is 6.92 Å². The van der Waals surface area contributed by atoms with Gasteiger partial charge in [0, 0.05) is 6.42 Å². The largest absolute Gasteiger partial charge is 4.00 e. The molecule has 0 spiro atoms. The molecule has 10 heteroatoms.